The quantitative estimate of drug-likeness (QED) is 0.346. The number of halogens is 16. The molecule has 0 saturated carbocycles. The summed E-state index contributed by atoms with van der Waals surface area (Å²) in [5, 5.41) is 8.13. The van der Waals surface area contributed by atoms with Crippen molar-refractivity contribution in [1.29, 1.82) is 0 Å². The van der Waals surface area contributed by atoms with Crippen molar-refractivity contribution in [3.63, 3.8) is 0 Å². The van der Waals surface area contributed by atoms with Crippen molar-refractivity contribution in [1.82, 2.24) is 0 Å². The molecule has 176 valence electrons. The van der Waals surface area contributed by atoms with Gasteiger partial charge in [-0.2, -0.15) is 61.5 Å². The summed E-state index contributed by atoms with van der Waals surface area (Å²) < 4.78 is 210. The van der Waals surface area contributed by atoms with Gasteiger partial charge in [-0.1, -0.05) is 0 Å². The molecule has 0 heterocycles. The Morgan fingerprint density at radius 2 is 0.931 bits per heavy atom. The van der Waals surface area contributed by atoms with E-state index in [1.807, 2.05) is 0 Å². The lowest BCUT2D eigenvalue weighted by molar-refractivity contribution is -0.448. The Labute approximate surface area is 149 Å². The highest BCUT2D eigenvalue weighted by atomic mass is 19.4. The first-order valence-corrected chi connectivity index (χ1v) is 6.62. The third-order valence-corrected chi connectivity index (χ3v) is 3.25. The van der Waals surface area contributed by atoms with Crippen LogP contribution in [-0.2, 0) is 4.74 Å². The standard InChI is InChI=1S/C11H8F16O2/c12-4(13)6(16,17)8(20,21)10(24,25)11(26,27)9(22,23)7(18,19)5(14,15)3-29-2-1-28/h4,28H,1-3H2. The predicted octanol–water partition coefficient (Wildman–Crippen LogP) is 4.71. The largest absolute Gasteiger partial charge is 0.394 e. The zero-order chi connectivity index (χ0) is 23.9. The van der Waals surface area contributed by atoms with Gasteiger partial charge in [0, 0.05) is 0 Å². The van der Waals surface area contributed by atoms with Crippen molar-refractivity contribution in [2.45, 2.75) is 47.9 Å². The molecule has 0 aliphatic rings. The van der Waals surface area contributed by atoms with Gasteiger partial charge in [-0.3, -0.25) is 0 Å². The minimum absolute atomic E-state index is 1.21. The fourth-order valence-electron chi connectivity index (χ4n) is 1.52. The zero-order valence-electron chi connectivity index (χ0n) is 13.1. The SMILES string of the molecule is OCCOCC(F)(F)C(F)(F)C(F)(F)C(F)(F)C(F)(F)C(F)(F)C(F)(F)C(F)F. The molecule has 0 atom stereocenters. The van der Waals surface area contributed by atoms with Crippen molar-refractivity contribution in [3.8, 4) is 0 Å². The molecule has 0 unspecified atom stereocenters. The Bertz CT molecular complexity index is 557. The predicted molar refractivity (Wildman–Crippen MR) is 58.5 cm³/mol. The average Bonchev–Trinajstić information content (AvgIpc) is 2.53. The summed E-state index contributed by atoms with van der Waals surface area (Å²) in [6, 6.07) is 0. The highest BCUT2D eigenvalue weighted by molar-refractivity contribution is 5.14. The third kappa shape index (κ3) is 3.93. The Morgan fingerprint density at radius 1 is 0.586 bits per heavy atom. The molecule has 0 spiro atoms. The van der Waals surface area contributed by atoms with E-state index in [0.29, 0.717) is 0 Å². The Balaban J connectivity index is 6.38. The van der Waals surface area contributed by atoms with E-state index < -0.39 is 67.7 Å². The van der Waals surface area contributed by atoms with Crippen molar-refractivity contribution < 1.29 is 80.1 Å². The second-order valence-electron chi connectivity index (χ2n) is 5.28. The molecule has 0 rings (SSSR count). The van der Waals surface area contributed by atoms with Crippen LogP contribution >= 0.6 is 0 Å². The van der Waals surface area contributed by atoms with Crippen LogP contribution in [0.3, 0.4) is 0 Å². The van der Waals surface area contributed by atoms with E-state index in [-0.39, 0.29) is 0 Å². The summed E-state index contributed by atoms with van der Waals surface area (Å²) in [5.41, 5.74) is 0. The topological polar surface area (TPSA) is 29.5 Å². The van der Waals surface area contributed by atoms with E-state index in [2.05, 4.69) is 4.74 Å². The normalized spacial score (nSPS) is 15.9. The molecular weight excluding hydrogens is 468 g/mol. The van der Waals surface area contributed by atoms with E-state index in [1.54, 1.807) is 0 Å². The smallest absolute Gasteiger partial charge is 0.384 e. The Kier molecular flexibility index (Phi) is 7.48. The van der Waals surface area contributed by atoms with Gasteiger partial charge in [-0.15, -0.1) is 0 Å². The van der Waals surface area contributed by atoms with Crippen LogP contribution in [0.15, 0.2) is 0 Å². The summed E-state index contributed by atoms with van der Waals surface area (Å²) in [7, 11) is 0. The van der Waals surface area contributed by atoms with Gasteiger partial charge in [0.15, 0.2) is 0 Å². The Morgan fingerprint density at radius 3 is 1.28 bits per heavy atom. The molecule has 0 aliphatic heterocycles. The summed E-state index contributed by atoms with van der Waals surface area (Å²) in [6.07, 6.45) is -5.87. The van der Waals surface area contributed by atoms with Gasteiger partial charge in [-0.05, 0) is 0 Å². The number of hydrogen-bond acceptors (Lipinski definition) is 2. The van der Waals surface area contributed by atoms with Crippen molar-refractivity contribution in [2.24, 2.45) is 0 Å². The van der Waals surface area contributed by atoms with Gasteiger partial charge >= 0.3 is 47.9 Å². The maximum Gasteiger partial charge on any atom is 0.384 e. The van der Waals surface area contributed by atoms with E-state index in [9.17, 15) is 70.2 Å². The minimum atomic E-state index is -8.41. The fraction of sp³-hybridized carbons (Fsp3) is 1.00. The van der Waals surface area contributed by atoms with Crippen LogP contribution in [0.25, 0.3) is 0 Å². The molecule has 29 heavy (non-hydrogen) atoms. The second-order valence-corrected chi connectivity index (χ2v) is 5.28. The highest BCUT2D eigenvalue weighted by Crippen LogP contribution is 2.62. The molecule has 18 heteroatoms. The van der Waals surface area contributed by atoms with Crippen LogP contribution in [0.2, 0.25) is 0 Å². The van der Waals surface area contributed by atoms with Crippen LogP contribution < -0.4 is 0 Å². The summed E-state index contributed by atoms with van der Waals surface area (Å²) in [5.74, 6) is -54.7. The number of aliphatic hydroxyl groups is 1. The van der Waals surface area contributed by atoms with Crippen molar-refractivity contribution in [2.75, 3.05) is 19.8 Å². The number of hydrogen-bond donors (Lipinski definition) is 1. The van der Waals surface area contributed by atoms with Crippen LogP contribution in [0.5, 0.6) is 0 Å². The molecule has 0 saturated heterocycles. The lowest BCUT2D eigenvalue weighted by Crippen LogP contribution is -2.74. The van der Waals surface area contributed by atoms with Gasteiger partial charge in [0.25, 0.3) is 0 Å². The third-order valence-electron chi connectivity index (χ3n) is 3.25. The number of rotatable bonds is 11. The fourth-order valence-corrected chi connectivity index (χ4v) is 1.52. The number of ether oxygens (including phenoxy) is 1. The summed E-state index contributed by atoms with van der Waals surface area (Å²) in [4.78, 5) is 0. The lowest BCUT2D eigenvalue weighted by Gasteiger charge is -2.42. The lowest BCUT2D eigenvalue weighted by atomic mass is 9.89. The van der Waals surface area contributed by atoms with Gasteiger partial charge < -0.3 is 9.84 Å². The molecule has 0 amide bonds. The first kappa shape index (κ1) is 27.8. The molecule has 0 bridgehead atoms. The van der Waals surface area contributed by atoms with E-state index in [0.717, 1.165) is 0 Å². The van der Waals surface area contributed by atoms with Gasteiger partial charge in [0.1, 0.15) is 6.61 Å². The molecule has 2 nitrogen and oxygen atoms in total. The molecule has 0 fully saturated rings. The van der Waals surface area contributed by atoms with Gasteiger partial charge in [0.2, 0.25) is 0 Å². The van der Waals surface area contributed by atoms with Crippen LogP contribution in [0.1, 0.15) is 0 Å². The molecule has 0 aromatic heterocycles. The molecule has 0 aromatic rings. The van der Waals surface area contributed by atoms with E-state index in [4.69, 9.17) is 5.11 Å². The summed E-state index contributed by atoms with van der Waals surface area (Å²) in [6.45, 7) is -5.44. The number of alkyl halides is 16. The summed E-state index contributed by atoms with van der Waals surface area (Å²) >= 11 is 0. The van der Waals surface area contributed by atoms with Crippen LogP contribution in [0, 0.1) is 0 Å². The highest BCUT2D eigenvalue weighted by Gasteiger charge is 2.93. The number of aliphatic hydroxyl groups excluding tert-OH is 1. The first-order valence-electron chi connectivity index (χ1n) is 6.62. The molecule has 0 aromatic carbocycles. The molecule has 1 N–H and O–H groups in total. The maximum absolute atomic E-state index is 13.3. The van der Waals surface area contributed by atoms with Crippen LogP contribution in [0.4, 0.5) is 70.2 Å². The minimum Gasteiger partial charge on any atom is -0.394 e. The first-order chi connectivity index (χ1) is 12.5. The maximum atomic E-state index is 13.3. The zero-order valence-corrected chi connectivity index (χ0v) is 13.1. The van der Waals surface area contributed by atoms with Crippen LogP contribution in [-0.4, -0.2) is 72.8 Å². The van der Waals surface area contributed by atoms with Crippen molar-refractivity contribution >= 4 is 0 Å². The van der Waals surface area contributed by atoms with E-state index in [1.165, 1.54) is 0 Å². The van der Waals surface area contributed by atoms with Gasteiger partial charge in [0.05, 0.1) is 13.2 Å². The molecule has 0 aliphatic carbocycles. The monoisotopic (exact) mass is 476 g/mol. The molecule has 0 radical (unpaired) electrons. The van der Waals surface area contributed by atoms with Gasteiger partial charge in [-0.25, -0.2) is 8.78 Å². The average molecular weight is 476 g/mol. The van der Waals surface area contributed by atoms with E-state index >= 15 is 0 Å². The van der Waals surface area contributed by atoms with Crippen molar-refractivity contribution in [3.05, 3.63) is 0 Å². The molecular formula is C11H8F16O2. The Hall–Kier alpha value is -1.20. The second kappa shape index (κ2) is 7.81.